The maximum atomic E-state index is 13.6. The largest absolute Gasteiger partial charge is 0.472 e. The van der Waals surface area contributed by atoms with Gasteiger partial charge in [0, 0.05) is 12.8 Å². The van der Waals surface area contributed by atoms with Gasteiger partial charge in [0.2, 0.25) is 5.91 Å². The quantitative estimate of drug-likeness (QED) is 0.0205. The summed E-state index contributed by atoms with van der Waals surface area (Å²) in [6, 6.07) is -0.868. The first kappa shape index (κ1) is 81.7. The van der Waals surface area contributed by atoms with Crippen LogP contribution in [-0.4, -0.2) is 74.3 Å². The molecule has 0 bridgehead atoms. The molecule has 0 aromatic carbocycles. The van der Waals surface area contributed by atoms with Gasteiger partial charge >= 0.3 is 13.8 Å². The number of hydrogen-bond donors (Lipinski definition) is 2. The molecule has 10 heteroatoms. The van der Waals surface area contributed by atoms with E-state index in [4.69, 9.17) is 13.8 Å². The Bertz CT molecular complexity index is 1820. The van der Waals surface area contributed by atoms with Crippen LogP contribution in [0.15, 0.2) is 109 Å². The molecule has 0 radical (unpaired) electrons. The summed E-state index contributed by atoms with van der Waals surface area (Å²) in [6.45, 7) is 6.95. The molecular formula is C75H134N2O7P+. The monoisotopic (exact) mass is 1210 g/mol. The number of rotatable bonds is 63. The summed E-state index contributed by atoms with van der Waals surface area (Å²) in [7, 11) is 1.47. The van der Waals surface area contributed by atoms with Crippen LogP contribution in [0.4, 0.5) is 0 Å². The van der Waals surface area contributed by atoms with Gasteiger partial charge in [-0.15, -0.1) is 0 Å². The maximum Gasteiger partial charge on any atom is 0.472 e. The molecule has 0 aliphatic rings. The minimum absolute atomic E-state index is 0.0306. The number of phosphoric acid groups is 1. The summed E-state index contributed by atoms with van der Waals surface area (Å²) in [6.07, 6.45) is 88.0. The Morgan fingerprint density at radius 1 is 0.412 bits per heavy atom. The average Bonchev–Trinajstić information content (AvgIpc) is 3.64. The van der Waals surface area contributed by atoms with E-state index in [-0.39, 0.29) is 31.5 Å². The lowest BCUT2D eigenvalue weighted by atomic mass is 10.0. The molecule has 0 aromatic rings. The molecule has 3 atom stereocenters. The van der Waals surface area contributed by atoms with Crippen molar-refractivity contribution in [2.75, 3.05) is 40.9 Å². The number of esters is 1. The van der Waals surface area contributed by atoms with Gasteiger partial charge in [0.05, 0.1) is 33.8 Å². The second kappa shape index (κ2) is 63.7. The molecule has 490 valence electrons. The Kier molecular flexibility index (Phi) is 61.2. The van der Waals surface area contributed by atoms with E-state index in [1.54, 1.807) is 0 Å². The number of allylic oxidation sites excluding steroid dienone is 17. The number of nitrogens with one attached hydrogen (secondary N) is 1. The van der Waals surface area contributed by atoms with Crippen LogP contribution in [0.5, 0.6) is 0 Å². The van der Waals surface area contributed by atoms with E-state index in [2.05, 4.69) is 123 Å². The third kappa shape index (κ3) is 65.0. The minimum atomic E-state index is -4.47. The maximum absolute atomic E-state index is 13.6. The molecule has 0 heterocycles. The summed E-state index contributed by atoms with van der Waals surface area (Å²) in [5, 5.41) is 3.06. The van der Waals surface area contributed by atoms with Gasteiger partial charge in [0.15, 0.2) is 0 Å². The Morgan fingerprint density at radius 3 is 1.09 bits per heavy atom. The molecule has 2 N–H and O–H groups in total. The molecular weight excluding hydrogens is 1070 g/mol. The number of hydrogen-bond acceptors (Lipinski definition) is 6. The van der Waals surface area contributed by atoms with Gasteiger partial charge in [-0.2, -0.15) is 0 Å². The number of carbonyl (C=O) groups is 2. The highest BCUT2D eigenvalue weighted by molar-refractivity contribution is 7.47. The van der Waals surface area contributed by atoms with Crippen LogP contribution >= 0.6 is 7.82 Å². The van der Waals surface area contributed by atoms with E-state index in [1.165, 1.54) is 141 Å². The first-order valence-electron chi connectivity index (χ1n) is 35.2. The van der Waals surface area contributed by atoms with Crippen molar-refractivity contribution in [3.05, 3.63) is 109 Å². The van der Waals surface area contributed by atoms with Crippen molar-refractivity contribution in [2.45, 2.75) is 315 Å². The Hall–Kier alpha value is -3.33. The van der Waals surface area contributed by atoms with Crippen LogP contribution in [0.1, 0.15) is 303 Å². The summed E-state index contributed by atoms with van der Waals surface area (Å²) >= 11 is 0. The second-order valence-corrected chi connectivity index (χ2v) is 26.1. The van der Waals surface area contributed by atoms with Crippen molar-refractivity contribution >= 4 is 19.7 Å². The fourth-order valence-electron chi connectivity index (χ4n) is 9.73. The highest BCUT2D eigenvalue weighted by Crippen LogP contribution is 2.43. The predicted octanol–water partition coefficient (Wildman–Crippen LogP) is 22.5. The Labute approximate surface area is 525 Å². The first-order valence-corrected chi connectivity index (χ1v) is 36.7. The summed E-state index contributed by atoms with van der Waals surface area (Å²) in [5.41, 5.74) is 0. The van der Waals surface area contributed by atoms with Crippen LogP contribution in [0.3, 0.4) is 0 Å². The molecule has 0 saturated carbocycles. The molecule has 0 aromatic heterocycles. The summed E-state index contributed by atoms with van der Waals surface area (Å²) in [5.74, 6) is -0.532. The molecule has 3 unspecified atom stereocenters. The molecule has 1 amide bonds. The number of likely N-dealkylation sites (N-methyl/N-ethyl adjacent to an activating group) is 1. The van der Waals surface area contributed by atoms with Gasteiger partial charge in [0.25, 0.3) is 0 Å². The standard InChI is InChI=1S/C75H133N2O7P/c1-7-10-13-16-19-22-25-28-30-32-34-36-37-38-39-41-42-44-46-49-52-55-58-61-64-67-74(78)76-72(71-83-85(80,81)82-70-69-77(4,5)6)73(66-63-60-57-54-51-48-27-24-21-18-15-12-9-3)84-75(79)68-65-62-59-56-53-50-47-45-43-40-35-33-31-29-26-23-20-17-14-11-8-2/h19-20,22-23,28-31,34-36,38-40,45,47,63,66,72-73H,7-18,21,24-27,32-33,37,41-44,46,48-62,64-65,67-71H2,1-6H3,(H-,76,78,80,81)/p+1/b22-19-,23-20-,30-28-,31-29-,36-34-,39-38-,40-35-,47-45-,66-63-. The lowest BCUT2D eigenvalue weighted by Crippen LogP contribution is -2.47. The zero-order valence-electron chi connectivity index (χ0n) is 56.1. The number of carbonyl (C=O) groups excluding carboxylic acids is 2. The topological polar surface area (TPSA) is 111 Å². The molecule has 0 aliphatic carbocycles. The van der Waals surface area contributed by atoms with E-state index >= 15 is 0 Å². The van der Waals surface area contributed by atoms with E-state index in [0.29, 0.717) is 23.9 Å². The fourth-order valence-corrected chi connectivity index (χ4v) is 10.5. The molecule has 0 fully saturated rings. The molecule has 0 rings (SSSR count). The minimum Gasteiger partial charge on any atom is -0.456 e. The number of nitrogens with zero attached hydrogens (tertiary/aromatic N) is 1. The third-order valence-electron chi connectivity index (χ3n) is 15.2. The highest BCUT2D eigenvalue weighted by atomic mass is 31.2. The SMILES string of the molecule is CCCCC/C=C\C/C=C\C/C=C\C/C=C\CCCCCCCCCCCC(=O)NC(COP(=O)(O)OCC[N+](C)(C)C)C(/C=C\CCCCCCCCCCCCC)OC(=O)CCCCCCC/C=C\C/C=C\C/C=C\C/C=C\CCCCC. The number of quaternary nitrogens is 1. The van der Waals surface area contributed by atoms with Crippen LogP contribution in [-0.2, 0) is 27.9 Å². The molecule has 0 aliphatic heterocycles. The van der Waals surface area contributed by atoms with E-state index in [0.717, 1.165) is 122 Å². The van der Waals surface area contributed by atoms with E-state index in [9.17, 15) is 19.0 Å². The lowest BCUT2D eigenvalue weighted by molar-refractivity contribution is -0.870. The van der Waals surface area contributed by atoms with Crippen LogP contribution in [0.2, 0.25) is 0 Å². The zero-order valence-corrected chi connectivity index (χ0v) is 57.0. The Morgan fingerprint density at radius 2 is 0.718 bits per heavy atom. The van der Waals surface area contributed by atoms with Crippen molar-refractivity contribution in [1.82, 2.24) is 5.32 Å². The number of unbranched alkanes of at least 4 members (excludes halogenated alkanes) is 31. The van der Waals surface area contributed by atoms with Crippen LogP contribution in [0.25, 0.3) is 0 Å². The smallest absolute Gasteiger partial charge is 0.456 e. The summed E-state index contributed by atoms with van der Waals surface area (Å²) in [4.78, 5) is 37.9. The van der Waals surface area contributed by atoms with Crippen molar-refractivity contribution in [3.8, 4) is 0 Å². The summed E-state index contributed by atoms with van der Waals surface area (Å²) < 4.78 is 30.8. The van der Waals surface area contributed by atoms with Crippen molar-refractivity contribution in [1.29, 1.82) is 0 Å². The molecule has 85 heavy (non-hydrogen) atoms. The molecule has 0 saturated heterocycles. The van der Waals surface area contributed by atoms with Crippen LogP contribution < -0.4 is 5.32 Å². The number of ether oxygens (including phenoxy) is 1. The van der Waals surface area contributed by atoms with Crippen molar-refractivity contribution in [2.24, 2.45) is 0 Å². The van der Waals surface area contributed by atoms with Crippen molar-refractivity contribution in [3.63, 3.8) is 0 Å². The van der Waals surface area contributed by atoms with Gasteiger partial charge in [-0.25, -0.2) is 4.57 Å². The fraction of sp³-hybridized carbons (Fsp3) is 0.733. The van der Waals surface area contributed by atoms with Crippen molar-refractivity contribution < 1.29 is 37.3 Å². The lowest BCUT2D eigenvalue weighted by Gasteiger charge is -2.27. The predicted molar refractivity (Wildman–Crippen MR) is 369 cm³/mol. The van der Waals surface area contributed by atoms with Gasteiger partial charge in [-0.1, -0.05) is 278 Å². The number of phosphoric ester groups is 1. The molecule has 0 spiro atoms. The van der Waals surface area contributed by atoms with E-state index < -0.39 is 20.0 Å². The van der Waals surface area contributed by atoms with Gasteiger partial charge < -0.3 is 19.4 Å². The average molecular weight is 1210 g/mol. The van der Waals surface area contributed by atoms with Crippen LogP contribution in [0, 0.1) is 0 Å². The normalized spacial score (nSPS) is 14.2. The highest BCUT2D eigenvalue weighted by Gasteiger charge is 2.30. The zero-order chi connectivity index (χ0) is 62.1. The third-order valence-corrected chi connectivity index (χ3v) is 16.2. The Balaban J connectivity index is 5.20. The van der Waals surface area contributed by atoms with Gasteiger partial charge in [0.1, 0.15) is 19.3 Å². The van der Waals surface area contributed by atoms with Gasteiger partial charge in [-0.05, 0) is 122 Å². The van der Waals surface area contributed by atoms with Gasteiger partial charge in [-0.3, -0.25) is 18.6 Å². The number of amides is 1. The first-order chi connectivity index (χ1) is 41.4. The van der Waals surface area contributed by atoms with E-state index in [1.807, 2.05) is 33.3 Å². The molecule has 9 nitrogen and oxygen atoms in total. The second-order valence-electron chi connectivity index (χ2n) is 24.7.